The van der Waals surface area contributed by atoms with E-state index in [9.17, 15) is 39.9 Å². The molecule has 3 nitrogen and oxygen atoms in total. The zero-order valence-corrected chi connectivity index (χ0v) is 19.0. The number of hydrogen-bond acceptors (Lipinski definition) is 2. The van der Waals surface area contributed by atoms with Gasteiger partial charge in [-0.3, -0.25) is 9.69 Å². The Morgan fingerprint density at radius 2 is 1.39 bits per heavy atom. The Morgan fingerprint density at radius 3 is 1.92 bits per heavy atom. The van der Waals surface area contributed by atoms with Gasteiger partial charge >= 0.3 is 12.4 Å². The first-order valence-electron chi connectivity index (χ1n) is 11.5. The number of hydrogen-bond donors (Lipinski definition) is 0. The molecule has 2 unspecified atom stereocenters. The van der Waals surface area contributed by atoms with E-state index in [-0.39, 0.29) is 57.0 Å². The van der Waals surface area contributed by atoms with Gasteiger partial charge in [0.05, 0.1) is 11.1 Å². The molecule has 2 aromatic carbocycles. The highest BCUT2D eigenvalue weighted by Gasteiger charge is 2.42. The Morgan fingerprint density at radius 1 is 0.833 bits per heavy atom. The highest BCUT2D eigenvalue weighted by Crippen LogP contribution is 2.39. The number of carbonyl (C=O) groups excluding carboxylic acids is 1. The summed E-state index contributed by atoms with van der Waals surface area (Å²) in [5.74, 6) is -4.02. The molecule has 2 atom stereocenters. The molecule has 2 saturated heterocycles. The highest BCUT2D eigenvalue weighted by molar-refractivity contribution is 5.95. The van der Waals surface area contributed by atoms with Crippen molar-refractivity contribution in [2.75, 3.05) is 26.2 Å². The van der Waals surface area contributed by atoms with Gasteiger partial charge in [0, 0.05) is 56.5 Å². The molecule has 0 aromatic heterocycles. The standard InChI is InChI=1S/C25H24F8N2O/c26-23(27)7-10-34(11-8-23)21-6-9-35(15-20(21)16-4-2-1-3-5-16)22(36)17-12-18(24(28,29)30)14-19(13-17)25(31,32)33/h1-5,12-14,20-21H,6-11,15H2. The van der Waals surface area contributed by atoms with Crippen LogP contribution in [0.15, 0.2) is 48.5 Å². The van der Waals surface area contributed by atoms with Crippen LogP contribution in [0.1, 0.15) is 52.2 Å². The van der Waals surface area contributed by atoms with Crippen LogP contribution >= 0.6 is 0 Å². The minimum atomic E-state index is -5.06. The Labute approximate surface area is 202 Å². The fourth-order valence-corrected chi connectivity index (χ4v) is 5.03. The van der Waals surface area contributed by atoms with E-state index in [0.717, 1.165) is 5.56 Å². The highest BCUT2D eigenvalue weighted by atomic mass is 19.4. The number of nitrogens with zero attached hydrogens (tertiary/aromatic N) is 2. The molecule has 2 aliphatic rings. The third kappa shape index (κ3) is 5.82. The molecular weight excluding hydrogens is 496 g/mol. The van der Waals surface area contributed by atoms with Crippen molar-refractivity contribution in [3.8, 4) is 0 Å². The number of alkyl halides is 8. The van der Waals surface area contributed by atoms with Gasteiger partial charge in [0.2, 0.25) is 0 Å². The molecule has 0 bridgehead atoms. The SMILES string of the molecule is O=C(c1cc(C(F)(F)F)cc(C(F)(F)F)c1)N1CCC(N2CCC(F)(F)CC2)C(c2ccccc2)C1. The maximum absolute atomic E-state index is 13.7. The van der Waals surface area contributed by atoms with Crippen molar-refractivity contribution in [3.63, 3.8) is 0 Å². The van der Waals surface area contributed by atoms with Gasteiger partial charge in [0.1, 0.15) is 0 Å². The van der Waals surface area contributed by atoms with Crippen LogP contribution in [0.4, 0.5) is 35.1 Å². The van der Waals surface area contributed by atoms with E-state index in [0.29, 0.717) is 18.6 Å². The smallest absolute Gasteiger partial charge is 0.338 e. The van der Waals surface area contributed by atoms with Crippen molar-refractivity contribution in [2.24, 2.45) is 0 Å². The van der Waals surface area contributed by atoms with Gasteiger partial charge in [-0.2, -0.15) is 26.3 Å². The van der Waals surface area contributed by atoms with Gasteiger partial charge in [0.15, 0.2) is 0 Å². The summed E-state index contributed by atoms with van der Waals surface area (Å²) in [6, 6.07) is 9.64. The Balaban J connectivity index is 1.62. The van der Waals surface area contributed by atoms with E-state index >= 15 is 0 Å². The van der Waals surface area contributed by atoms with Crippen molar-refractivity contribution in [1.29, 1.82) is 0 Å². The van der Waals surface area contributed by atoms with Crippen LogP contribution in [0.2, 0.25) is 0 Å². The van der Waals surface area contributed by atoms with Crippen molar-refractivity contribution < 1.29 is 39.9 Å². The van der Waals surface area contributed by atoms with Gasteiger partial charge in [-0.15, -0.1) is 0 Å². The van der Waals surface area contributed by atoms with Gasteiger partial charge in [0.25, 0.3) is 11.8 Å². The lowest BCUT2D eigenvalue weighted by molar-refractivity contribution is -0.143. The first kappa shape index (κ1) is 26.4. The van der Waals surface area contributed by atoms with E-state index in [1.807, 2.05) is 17.0 Å². The van der Waals surface area contributed by atoms with Crippen molar-refractivity contribution in [2.45, 2.75) is 49.5 Å². The van der Waals surface area contributed by atoms with Gasteiger partial charge in [-0.1, -0.05) is 30.3 Å². The number of rotatable bonds is 3. The van der Waals surface area contributed by atoms with Gasteiger partial charge in [-0.05, 0) is 30.2 Å². The number of amides is 1. The minimum Gasteiger partial charge on any atom is -0.338 e. The number of benzene rings is 2. The van der Waals surface area contributed by atoms with E-state index in [4.69, 9.17) is 0 Å². The van der Waals surface area contributed by atoms with Crippen molar-refractivity contribution >= 4 is 5.91 Å². The molecule has 0 N–H and O–H groups in total. The van der Waals surface area contributed by atoms with Gasteiger partial charge in [-0.25, -0.2) is 8.78 Å². The van der Waals surface area contributed by atoms with Crippen molar-refractivity contribution in [1.82, 2.24) is 9.80 Å². The number of carbonyl (C=O) groups is 1. The summed E-state index contributed by atoms with van der Waals surface area (Å²) in [6.45, 7) is 0.449. The minimum absolute atomic E-state index is 0.0120. The van der Waals surface area contributed by atoms with Crippen LogP contribution in [0.3, 0.4) is 0 Å². The molecule has 4 rings (SSSR count). The molecule has 0 aliphatic carbocycles. The summed E-state index contributed by atoms with van der Waals surface area (Å²) < 4.78 is 107. The molecule has 11 heteroatoms. The largest absolute Gasteiger partial charge is 0.416 e. The lowest BCUT2D eigenvalue weighted by atomic mass is 9.83. The third-order valence-electron chi connectivity index (χ3n) is 6.92. The lowest BCUT2D eigenvalue weighted by Gasteiger charge is -2.46. The summed E-state index contributed by atoms with van der Waals surface area (Å²) in [7, 11) is 0. The molecule has 0 saturated carbocycles. The second-order valence-electron chi connectivity index (χ2n) is 9.31. The molecule has 2 heterocycles. The van der Waals surface area contributed by atoms with E-state index in [1.165, 1.54) is 4.90 Å². The first-order valence-corrected chi connectivity index (χ1v) is 11.5. The summed E-state index contributed by atoms with van der Waals surface area (Å²) in [5, 5.41) is 0. The van der Waals surface area contributed by atoms with Crippen LogP contribution in [0.25, 0.3) is 0 Å². The quantitative estimate of drug-likeness (QED) is 0.434. The van der Waals surface area contributed by atoms with Crippen LogP contribution < -0.4 is 0 Å². The van der Waals surface area contributed by atoms with E-state index in [2.05, 4.69) is 0 Å². The lowest BCUT2D eigenvalue weighted by Crippen LogP contribution is -2.54. The predicted octanol–water partition coefficient (Wildman–Crippen LogP) is 6.45. The summed E-state index contributed by atoms with van der Waals surface area (Å²) >= 11 is 0. The topological polar surface area (TPSA) is 23.6 Å². The predicted molar refractivity (Wildman–Crippen MR) is 116 cm³/mol. The molecule has 0 radical (unpaired) electrons. The van der Waals surface area contributed by atoms with Crippen LogP contribution in [-0.2, 0) is 12.4 Å². The Hall–Kier alpha value is -2.69. The summed E-state index contributed by atoms with van der Waals surface area (Å²) in [4.78, 5) is 16.4. The zero-order valence-electron chi connectivity index (χ0n) is 19.0. The third-order valence-corrected chi connectivity index (χ3v) is 6.92. The molecule has 36 heavy (non-hydrogen) atoms. The molecule has 0 spiro atoms. The Bertz CT molecular complexity index is 1040. The van der Waals surface area contributed by atoms with E-state index < -0.39 is 40.9 Å². The fourth-order valence-electron chi connectivity index (χ4n) is 5.03. The zero-order chi connectivity index (χ0) is 26.3. The summed E-state index contributed by atoms with van der Waals surface area (Å²) in [6.07, 6.45) is -10.4. The van der Waals surface area contributed by atoms with Crippen molar-refractivity contribution in [3.05, 3.63) is 70.8 Å². The van der Waals surface area contributed by atoms with Gasteiger partial charge < -0.3 is 4.90 Å². The molecule has 2 fully saturated rings. The number of halogens is 8. The number of piperidine rings is 2. The van der Waals surface area contributed by atoms with Crippen LogP contribution in [0.5, 0.6) is 0 Å². The Kier molecular flexibility index (Phi) is 7.07. The molecule has 196 valence electrons. The molecule has 1 amide bonds. The first-order chi connectivity index (χ1) is 16.7. The maximum atomic E-state index is 13.7. The molecule has 2 aromatic rings. The molecular formula is C25H24F8N2O. The second kappa shape index (κ2) is 9.64. The van der Waals surface area contributed by atoms with Crippen LogP contribution in [-0.4, -0.2) is 53.9 Å². The van der Waals surface area contributed by atoms with Crippen LogP contribution in [0, 0.1) is 0 Å². The maximum Gasteiger partial charge on any atom is 0.416 e. The second-order valence-corrected chi connectivity index (χ2v) is 9.31. The average Bonchev–Trinajstić information content (AvgIpc) is 2.82. The monoisotopic (exact) mass is 520 g/mol. The fraction of sp³-hybridized carbons (Fsp3) is 0.480. The normalized spacial score (nSPS) is 23.5. The molecule has 2 aliphatic heterocycles. The average molecular weight is 520 g/mol. The summed E-state index contributed by atoms with van der Waals surface area (Å²) in [5.41, 5.74) is -2.98. The van der Waals surface area contributed by atoms with E-state index in [1.54, 1.807) is 18.2 Å². The number of likely N-dealkylation sites (tertiary alicyclic amines) is 2.